The zero-order valence-corrected chi connectivity index (χ0v) is 14.9. The van der Waals surface area contributed by atoms with Crippen molar-refractivity contribution < 1.29 is 14.2 Å². The van der Waals surface area contributed by atoms with Crippen LogP contribution in [0, 0.1) is 0 Å². The molecule has 6 heteroatoms. The largest absolute Gasteiger partial charge is 0.493 e. The highest BCUT2D eigenvalue weighted by molar-refractivity contribution is 7.80. The third-order valence-corrected chi connectivity index (χ3v) is 4.38. The fourth-order valence-electron chi connectivity index (χ4n) is 2.90. The van der Waals surface area contributed by atoms with Gasteiger partial charge in [-0.05, 0) is 42.8 Å². The van der Waals surface area contributed by atoms with Crippen LogP contribution in [-0.4, -0.2) is 32.5 Å². The van der Waals surface area contributed by atoms with Crippen LogP contribution in [-0.2, 0) is 6.54 Å². The Morgan fingerprint density at radius 1 is 1.04 bits per heavy atom. The van der Waals surface area contributed by atoms with Gasteiger partial charge in [-0.1, -0.05) is 19.3 Å². The number of rotatable bonds is 6. The van der Waals surface area contributed by atoms with E-state index < -0.39 is 0 Å². The van der Waals surface area contributed by atoms with Crippen molar-refractivity contribution in [3.63, 3.8) is 0 Å². The van der Waals surface area contributed by atoms with Crippen LogP contribution in [0.15, 0.2) is 12.1 Å². The zero-order valence-electron chi connectivity index (χ0n) is 14.1. The number of ether oxygens (including phenoxy) is 3. The Balaban J connectivity index is 1.95. The van der Waals surface area contributed by atoms with Gasteiger partial charge in [-0.3, -0.25) is 0 Å². The van der Waals surface area contributed by atoms with E-state index in [4.69, 9.17) is 26.4 Å². The SMILES string of the molecule is COc1cc(CNC(=S)NC2CCCCC2)cc(OC)c1OC. The topological polar surface area (TPSA) is 51.8 Å². The van der Waals surface area contributed by atoms with Crippen LogP contribution in [0.4, 0.5) is 0 Å². The second-order valence-corrected chi connectivity index (χ2v) is 6.10. The Hall–Kier alpha value is -1.69. The second kappa shape index (κ2) is 8.82. The van der Waals surface area contributed by atoms with Crippen molar-refractivity contribution in [1.82, 2.24) is 10.6 Å². The molecule has 1 saturated carbocycles. The molecule has 0 aliphatic heterocycles. The van der Waals surface area contributed by atoms with Crippen LogP contribution in [0.25, 0.3) is 0 Å². The molecule has 0 bridgehead atoms. The summed E-state index contributed by atoms with van der Waals surface area (Å²) in [6.07, 6.45) is 6.31. The average molecular weight is 338 g/mol. The minimum atomic E-state index is 0.503. The van der Waals surface area contributed by atoms with Crippen LogP contribution < -0.4 is 24.8 Å². The maximum absolute atomic E-state index is 5.40. The maximum Gasteiger partial charge on any atom is 0.203 e. The lowest BCUT2D eigenvalue weighted by molar-refractivity contribution is 0.323. The minimum Gasteiger partial charge on any atom is -0.493 e. The minimum absolute atomic E-state index is 0.503. The van der Waals surface area contributed by atoms with Crippen molar-refractivity contribution in [1.29, 1.82) is 0 Å². The Kier molecular flexibility index (Phi) is 6.77. The number of hydrogen-bond donors (Lipinski definition) is 2. The Morgan fingerprint density at radius 2 is 1.65 bits per heavy atom. The van der Waals surface area contributed by atoms with Crippen molar-refractivity contribution in [2.45, 2.75) is 44.7 Å². The summed E-state index contributed by atoms with van der Waals surface area (Å²) in [5.74, 6) is 1.89. The quantitative estimate of drug-likeness (QED) is 0.778. The molecular formula is C17H26N2O3S. The summed E-state index contributed by atoms with van der Waals surface area (Å²) in [4.78, 5) is 0. The molecule has 0 aromatic heterocycles. The van der Waals surface area contributed by atoms with E-state index in [9.17, 15) is 0 Å². The maximum atomic E-state index is 5.40. The van der Waals surface area contributed by atoms with Crippen LogP contribution in [0.1, 0.15) is 37.7 Å². The van der Waals surface area contributed by atoms with Gasteiger partial charge >= 0.3 is 0 Å². The molecular weight excluding hydrogens is 312 g/mol. The highest BCUT2D eigenvalue weighted by Crippen LogP contribution is 2.38. The van der Waals surface area contributed by atoms with Crippen molar-refractivity contribution in [3.8, 4) is 17.2 Å². The first-order valence-corrected chi connectivity index (χ1v) is 8.42. The third-order valence-electron chi connectivity index (χ3n) is 4.12. The summed E-state index contributed by atoms with van der Waals surface area (Å²) in [7, 11) is 4.83. The standard InChI is InChI=1S/C17H26N2O3S/c1-20-14-9-12(10-15(21-2)16(14)22-3)11-18-17(23)19-13-7-5-4-6-8-13/h9-10,13H,4-8,11H2,1-3H3,(H2,18,19,23). The lowest BCUT2D eigenvalue weighted by Gasteiger charge is -2.24. The highest BCUT2D eigenvalue weighted by atomic mass is 32.1. The smallest absolute Gasteiger partial charge is 0.203 e. The van der Waals surface area contributed by atoms with Gasteiger partial charge in [0.2, 0.25) is 5.75 Å². The lowest BCUT2D eigenvalue weighted by atomic mass is 9.96. The number of nitrogens with one attached hydrogen (secondary N) is 2. The predicted octanol–water partition coefficient (Wildman–Crippen LogP) is 3.01. The molecule has 0 spiro atoms. The van der Waals surface area contributed by atoms with Gasteiger partial charge in [0.05, 0.1) is 21.3 Å². The number of thiocarbonyl (C=S) groups is 1. The van der Waals surface area contributed by atoms with Crippen molar-refractivity contribution in [3.05, 3.63) is 17.7 Å². The molecule has 0 saturated heterocycles. The van der Waals surface area contributed by atoms with E-state index in [1.165, 1.54) is 32.1 Å². The van der Waals surface area contributed by atoms with Crippen LogP contribution in [0.2, 0.25) is 0 Å². The van der Waals surface area contributed by atoms with Crippen LogP contribution >= 0.6 is 12.2 Å². The van der Waals surface area contributed by atoms with Crippen molar-refractivity contribution in [2.24, 2.45) is 0 Å². The summed E-state index contributed by atoms with van der Waals surface area (Å²) < 4.78 is 16.1. The number of hydrogen-bond acceptors (Lipinski definition) is 4. The molecule has 1 aliphatic carbocycles. The molecule has 1 aromatic rings. The van der Waals surface area contributed by atoms with Gasteiger partial charge in [-0.25, -0.2) is 0 Å². The number of benzene rings is 1. The van der Waals surface area contributed by atoms with E-state index in [1.54, 1.807) is 21.3 Å². The fraction of sp³-hybridized carbons (Fsp3) is 0.588. The van der Waals surface area contributed by atoms with Crippen LogP contribution in [0.3, 0.4) is 0 Å². The summed E-state index contributed by atoms with van der Waals surface area (Å²) in [6, 6.07) is 4.36. The van der Waals surface area contributed by atoms with E-state index >= 15 is 0 Å². The van der Waals surface area contributed by atoms with Gasteiger partial charge in [0.15, 0.2) is 16.6 Å². The highest BCUT2D eigenvalue weighted by Gasteiger charge is 2.15. The van der Waals surface area contributed by atoms with E-state index in [-0.39, 0.29) is 0 Å². The molecule has 0 atom stereocenters. The van der Waals surface area contributed by atoms with Gasteiger partial charge in [0.25, 0.3) is 0 Å². The third kappa shape index (κ3) is 4.89. The molecule has 1 aromatic carbocycles. The molecule has 1 aliphatic rings. The second-order valence-electron chi connectivity index (χ2n) is 5.70. The predicted molar refractivity (Wildman–Crippen MR) is 95.5 cm³/mol. The monoisotopic (exact) mass is 338 g/mol. The summed E-state index contributed by atoms with van der Waals surface area (Å²) >= 11 is 5.40. The molecule has 2 N–H and O–H groups in total. The first-order valence-electron chi connectivity index (χ1n) is 8.01. The molecule has 2 rings (SSSR count). The van der Waals surface area contributed by atoms with Crippen molar-refractivity contribution >= 4 is 17.3 Å². The average Bonchev–Trinajstić information content (AvgIpc) is 2.59. The molecule has 0 amide bonds. The first-order chi connectivity index (χ1) is 11.2. The summed E-state index contributed by atoms with van der Waals surface area (Å²) in [5.41, 5.74) is 1.02. The normalized spacial score (nSPS) is 14.9. The van der Waals surface area contributed by atoms with Crippen LogP contribution in [0.5, 0.6) is 17.2 Å². The van der Waals surface area contributed by atoms with Gasteiger partial charge in [-0.2, -0.15) is 0 Å². The van der Waals surface area contributed by atoms with E-state index in [0.29, 0.717) is 34.9 Å². The van der Waals surface area contributed by atoms with Gasteiger partial charge < -0.3 is 24.8 Å². The molecule has 0 unspecified atom stereocenters. The van der Waals surface area contributed by atoms with Gasteiger partial charge in [0.1, 0.15) is 0 Å². The Labute approximate surface area is 143 Å². The lowest BCUT2D eigenvalue weighted by Crippen LogP contribution is -2.42. The molecule has 5 nitrogen and oxygen atoms in total. The van der Waals surface area contributed by atoms with E-state index in [1.807, 2.05) is 12.1 Å². The molecule has 1 fully saturated rings. The van der Waals surface area contributed by atoms with E-state index in [2.05, 4.69) is 10.6 Å². The van der Waals surface area contributed by atoms with Crippen molar-refractivity contribution in [2.75, 3.05) is 21.3 Å². The molecule has 23 heavy (non-hydrogen) atoms. The Bertz CT molecular complexity index is 506. The number of methoxy groups -OCH3 is 3. The summed E-state index contributed by atoms with van der Waals surface area (Å²) in [6.45, 7) is 0.606. The molecule has 0 heterocycles. The Morgan fingerprint density at radius 3 is 2.17 bits per heavy atom. The van der Waals surface area contributed by atoms with E-state index in [0.717, 1.165) is 5.56 Å². The zero-order chi connectivity index (χ0) is 16.7. The molecule has 128 valence electrons. The molecule has 0 radical (unpaired) electrons. The first kappa shape index (κ1) is 17.7. The van der Waals surface area contributed by atoms with Gasteiger partial charge in [0, 0.05) is 12.6 Å². The fourth-order valence-corrected chi connectivity index (χ4v) is 3.14. The van der Waals surface area contributed by atoms with Gasteiger partial charge in [-0.15, -0.1) is 0 Å². The summed E-state index contributed by atoms with van der Waals surface area (Å²) in [5, 5.41) is 7.36.